The highest BCUT2D eigenvalue weighted by molar-refractivity contribution is 4.91. The predicted octanol–water partition coefficient (Wildman–Crippen LogP) is 3.92. The van der Waals surface area contributed by atoms with Gasteiger partial charge in [0.1, 0.15) is 0 Å². The van der Waals surface area contributed by atoms with Crippen LogP contribution in [0.2, 0.25) is 0 Å². The largest absolute Gasteiger partial charge is 0.103 e. The van der Waals surface area contributed by atoms with Gasteiger partial charge < -0.3 is 0 Å². The molecule has 0 unspecified atom stereocenters. The smallest absolute Gasteiger partial charge is 0.0149 e. The lowest BCUT2D eigenvalue weighted by molar-refractivity contribution is 0.309. The normalized spacial score (nSPS) is 25.2. The Morgan fingerprint density at radius 2 is 1.45 bits per heavy atom. The molecule has 0 bridgehead atoms. The van der Waals surface area contributed by atoms with Crippen LogP contribution >= 0.6 is 0 Å². The van der Waals surface area contributed by atoms with Gasteiger partial charge in [0.25, 0.3) is 0 Å². The maximum atomic E-state index is 3.93. The summed E-state index contributed by atoms with van der Waals surface area (Å²) in [5.41, 5.74) is 0.459. The third-order valence-corrected chi connectivity index (χ3v) is 2.99. The molecule has 0 N–H and O–H groups in total. The van der Waals surface area contributed by atoms with Crippen molar-refractivity contribution >= 4 is 0 Å². The second kappa shape index (κ2) is 3.94. The molecule has 0 spiro atoms. The second-order valence-electron chi connectivity index (χ2n) is 4.13. The summed E-state index contributed by atoms with van der Waals surface area (Å²) in [5.74, 6) is 0. The van der Waals surface area contributed by atoms with Gasteiger partial charge in [0.2, 0.25) is 0 Å². The van der Waals surface area contributed by atoms with Gasteiger partial charge in [-0.1, -0.05) is 45.1 Å². The van der Waals surface area contributed by atoms with Crippen molar-refractivity contribution in [3.63, 3.8) is 0 Å². The Morgan fingerprint density at radius 3 is 1.91 bits per heavy atom. The van der Waals surface area contributed by atoms with Crippen LogP contribution in [0.3, 0.4) is 0 Å². The van der Waals surface area contributed by atoms with E-state index in [-0.39, 0.29) is 0 Å². The summed E-state index contributed by atoms with van der Waals surface area (Å²) in [4.78, 5) is 0. The van der Waals surface area contributed by atoms with Crippen LogP contribution in [0.25, 0.3) is 0 Å². The van der Waals surface area contributed by atoms with E-state index in [0.29, 0.717) is 5.41 Å². The molecule has 0 heterocycles. The minimum absolute atomic E-state index is 0.459. The molecular formula is C11H20. The molecule has 0 amide bonds. The molecule has 1 aliphatic carbocycles. The van der Waals surface area contributed by atoms with E-state index in [2.05, 4.69) is 19.6 Å². The summed E-state index contributed by atoms with van der Waals surface area (Å²) in [5, 5.41) is 0. The van der Waals surface area contributed by atoms with E-state index in [4.69, 9.17) is 0 Å². The molecule has 0 aromatic rings. The Balaban J connectivity index is 2.43. The van der Waals surface area contributed by atoms with Crippen molar-refractivity contribution < 1.29 is 0 Å². The number of hydrogen-bond donors (Lipinski definition) is 0. The molecule has 64 valence electrons. The van der Waals surface area contributed by atoms with Crippen LogP contribution in [0, 0.1) is 5.41 Å². The van der Waals surface area contributed by atoms with Gasteiger partial charge in [0.15, 0.2) is 0 Å². The molecule has 0 heteroatoms. The number of hydrogen-bond acceptors (Lipinski definition) is 0. The first-order valence-corrected chi connectivity index (χ1v) is 4.90. The maximum absolute atomic E-state index is 3.93. The van der Waals surface area contributed by atoms with Crippen LogP contribution in [-0.2, 0) is 0 Å². The molecule has 0 radical (unpaired) electrons. The van der Waals surface area contributed by atoms with Crippen LogP contribution in [0.15, 0.2) is 12.7 Å². The first kappa shape index (κ1) is 8.83. The van der Waals surface area contributed by atoms with Crippen LogP contribution in [0.4, 0.5) is 0 Å². The monoisotopic (exact) mass is 152 g/mol. The van der Waals surface area contributed by atoms with Gasteiger partial charge in [-0.3, -0.25) is 0 Å². The quantitative estimate of drug-likeness (QED) is 0.499. The maximum Gasteiger partial charge on any atom is -0.0149 e. The van der Waals surface area contributed by atoms with E-state index in [0.717, 1.165) is 0 Å². The summed E-state index contributed by atoms with van der Waals surface area (Å²) in [6, 6.07) is 0. The highest BCUT2D eigenvalue weighted by Crippen LogP contribution is 2.34. The van der Waals surface area contributed by atoms with Crippen molar-refractivity contribution in [3.05, 3.63) is 12.7 Å². The summed E-state index contributed by atoms with van der Waals surface area (Å²) < 4.78 is 0. The van der Waals surface area contributed by atoms with Gasteiger partial charge in [-0.05, 0) is 18.3 Å². The Bertz CT molecular complexity index is 116. The molecule has 0 saturated heterocycles. The fraction of sp³-hybridized carbons (Fsp3) is 0.818. The first-order chi connectivity index (χ1) is 5.27. The van der Waals surface area contributed by atoms with Gasteiger partial charge in [0.05, 0.1) is 0 Å². The lowest BCUT2D eigenvalue weighted by Gasteiger charge is -2.27. The molecule has 0 aromatic heterocycles. The van der Waals surface area contributed by atoms with E-state index < -0.39 is 0 Å². The fourth-order valence-corrected chi connectivity index (χ4v) is 1.92. The highest BCUT2D eigenvalue weighted by atomic mass is 14.2. The summed E-state index contributed by atoms with van der Waals surface area (Å²) in [6.07, 6.45) is 12.0. The predicted molar refractivity (Wildman–Crippen MR) is 50.6 cm³/mol. The van der Waals surface area contributed by atoms with Crippen LogP contribution in [-0.4, -0.2) is 0 Å². The van der Waals surface area contributed by atoms with Crippen molar-refractivity contribution in [1.29, 1.82) is 0 Å². The molecule has 1 rings (SSSR count). The van der Waals surface area contributed by atoms with Crippen molar-refractivity contribution in [2.45, 2.75) is 51.9 Å². The Hall–Kier alpha value is -0.260. The van der Waals surface area contributed by atoms with Crippen molar-refractivity contribution in [2.75, 3.05) is 0 Å². The molecule has 0 aromatic carbocycles. The molecule has 0 nitrogen and oxygen atoms in total. The van der Waals surface area contributed by atoms with Crippen molar-refractivity contribution in [2.24, 2.45) is 5.41 Å². The van der Waals surface area contributed by atoms with Crippen LogP contribution < -0.4 is 0 Å². The zero-order valence-electron chi connectivity index (χ0n) is 7.73. The Morgan fingerprint density at radius 1 is 1.00 bits per heavy atom. The van der Waals surface area contributed by atoms with E-state index in [1.54, 1.807) is 0 Å². The lowest BCUT2D eigenvalue weighted by atomic mass is 9.78. The molecule has 1 aliphatic rings. The van der Waals surface area contributed by atoms with E-state index in [9.17, 15) is 0 Å². The zero-order chi connectivity index (χ0) is 8.16. The topological polar surface area (TPSA) is 0 Å². The highest BCUT2D eigenvalue weighted by Gasteiger charge is 2.20. The first-order valence-electron chi connectivity index (χ1n) is 4.90. The fourth-order valence-electron chi connectivity index (χ4n) is 1.92. The third-order valence-electron chi connectivity index (χ3n) is 2.99. The van der Waals surface area contributed by atoms with Gasteiger partial charge in [-0.2, -0.15) is 0 Å². The minimum Gasteiger partial charge on any atom is -0.103 e. The van der Waals surface area contributed by atoms with Gasteiger partial charge in [0, 0.05) is 0 Å². The number of rotatable bonds is 1. The molecule has 0 aliphatic heterocycles. The van der Waals surface area contributed by atoms with Crippen molar-refractivity contribution in [1.82, 2.24) is 0 Å². The standard InChI is InChI=1S/C11H20/c1-3-11(2)9-7-5-4-6-8-10-11/h3H,1,4-10H2,2H3. The summed E-state index contributed by atoms with van der Waals surface area (Å²) in [6.45, 7) is 6.28. The SMILES string of the molecule is C=CC1(C)CCCCCCC1. The van der Waals surface area contributed by atoms with Gasteiger partial charge in [-0.15, -0.1) is 6.58 Å². The number of allylic oxidation sites excluding steroid dienone is 1. The van der Waals surface area contributed by atoms with Crippen LogP contribution in [0.1, 0.15) is 51.9 Å². The average molecular weight is 152 g/mol. The summed E-state index contributed by atoms with van der Waals surface area (Å²) in [7, 11) is 0. The zero-order valence-corrected chi connectivity index (χ0v) is 7.73. The third kappa shape index (κ3) is 2.69. The lowest BCUT2D eigenvalue weighted by Crippen LogP contribution is -2.14. The van der Waals surface area contributed by atoms with Gasteiger partial charge in [-0.25, -0.2) is 0 Å². The minimum atomic E-state index is 0.459. The summed E-state index contributed by atoms with van der Waals surface area (Å²) >= 11 is 0. The average Bonchev–Trinajstić information content (AvgIpc) is 1.98. The molecule has 1 fully saturated rings. The molecule has 1 saturated carbocycles. The van der Waals surface area contributed by atoms with Gasteiger partial charge >= 0.3 is 0 Å². The van der Waals surface area contributed by atoms with E-state index >= 15 is 0 Å². The molecule has 11 heavy (non-hydrogen) atoms. The van der Waals surface area contributed by atoms with Crippen molar-refractivity contribution in [3.8, 4) is 0 Å². The van der Waals surface area contributed by atoms with Crippen LogP contribution in [0.5, 0.6) is 0 Å². The Kier molecular flexibility index (Phi) is 3.16. The Labute approximate surface area is 70.7 Å². The molecule has 0 atom stereocenters. The van der Waals surface area contributed by atoms with E-state index in [1.807, 2.05) is 0 Å². The molecular weight excluding hydrogens is 132 g/mol. The van der Waals surface area contributed by atoms with E-state index in [1.165, 1.54) is 44.9 Å². The second-order valence-corrected chi connectivity index (χ2v) is 4.13.